The summed E-state index contributed by atoms with van der Waals surface area (Å²) in [6, 6.07) is 2.98. The fourth-order valence-electron chi connectivity index (χ4n) is 3.47. The second-order valence-corrected chi connectivity index (χ2v) is 10.0. The van der Waals surface area contributed by atoms with Gasteiger partial charge in [0.15, 0.2) is 0 Å². The van der Waals surface area contributed by atoms with Gasteiger partial charge in [-0.15, -0.1) is 0 Å². The molecule has 0 aliphatic rings. The Bertz CT molecular complexity index is 955. The smallest absolute Gasteiger partial charge is 0.744 e. The molecule has 0 radical (unpaired) electrons. The number of unbranched alkanes of at least 4 members (excludes halogenated alkanes) is 8. The van der Waals surface area contributed by atoms with Crippen LogP contribution in [0.3, 0.4) is 0 Å². The third-order valence-electron chi connectivity index (χ3n) is 5.54. The first kappa shape index (κ1) is 35.5. The van der Waals surface area contributed by atoms with Crippen molar-refractivity contribution in [3.05, 3.63) is 53.6 Å². The van der Waals surface area contributed by atoms with Crippen molar-refractivity contribution >= 4 is 22.1 Å². The first-order chi connectivity index (χ1) is 17.3. The van der Waals surface area contributed by atoms with E-state index in [1.165, 1.54) is 38.5 Å². The zero-order chi connectivity index (χ0) is 26.7. The van der Waals surface area contributed by atoms with Crippen molar-refractivity contribution < 1.29 is 61.6 Å². The third-order valence-corrected chi connectivity index (χ3v) is 6.37. The van der Waals surface area contributed by atoms with Gasteiger partial charge in [0, 0.05) is 0 Å². The first-order valence-electron chi connectivity index (χ1n) is 13.0. The van der Waals surface area contributed by atoms with E-state index in [1.54, 1.807) is 0 Å². The molecule has 0 fully saturated rings. The standard InChI is InChI=1S/C28H42O7S.Na/c1-3-5-7-9-11-13-15-17-21-34-27(29)25-20-19-24(36(31,32)33)23-26(25)28(30)35-22-18-16-14-12-10-8-6-4-2;/h13-16,19-20,23H,3-12,17-18,21-22H2,1-2H3,(H,31,32,33);/q;+1/p-1/b15-13+,16-14+;. The van der Waals surface area contributed by atoms with E-state index in [9.17, 15) is 22.6 Å². The van der Waals surface area contributed by atoms with Crippen LogP contribution in [0.1, 0.15) is 112 Å². The van der Waals surface area contributed by atoms with E-state index in [1.807, 2.05) is 18.2 Å². The Morgan fingerprint density at radius 3 is 1.65 bits per heavy atom. The normalized spacial score (nSPS) is 11.5. The van der Waals surface area contributed by atoms with Crippen LogP contribution in [0.4, 0.5) is 0 Å². The van der Waals surface area contributed by atoms with Gasteiger partial charge in [0.2, 0.25) is 0 Å². The van der Waals surface area contributed by atoms with Crippen molar-refractivity contribution in [2.75, 3.05) is 13.2 Å². The molecule has 0 spiro atoms. The topological polar surface area (TPSA) is 110 Å². The molecule has 0 saturated carbocycles. The Kier molecular flexibility index (Phi) is 20.6. The first-order valence-corrected chi connectivity index (χ1v) is 14.5. The van der Waals surface area contributed by atoms with Gasteiger partial charge in [-0.25, -0.2) is 18.0 Å². The largest absolute Gasteiger partial charge is 1.00 e. The molecule has 0 aromatic heterocycles. The Hall–Kier alpha value is -1.45. The molecule has 1 rings (SSSR count). The van der Waals surface area contributed by atoms with Crippen LogP contribution >= 0.6 is 0 Å². The summed E-state index contributed by atoms with van der Waals surface area (Å²) in [5, 5.41) is 0. The molecule has 0 heterocycles. The summed E-state index contributed by atoms with van der Waals surface area (Å²) in [7, 11) is -4.81. The van der Waals surface area contributed by atoms with E-state index in [2.05, 4.69) is 19.9 Å². The van der Waals surface area contributed by atoms with Gasteiger partial charge in [-0.3, -0.25) is 0 Å². The molecule has 0 N–H and O–H groups in total. The maximum absolute atomic E-state index is 12.6. The number of benzene rings is 1. The number of esters is 2. The fraction of sp³-hybridized carbons (Fsp3) is 0.571. The van der Waals surface area contributed by atoms with Crippen LogP contribution in [-0.4, -0.2) is 38.1 Å². The van der Waals surface area contributed by atoms with Gasteiger partial charge < -0.3 is 14.0 Å². The molecular formula is C28H41NaO7S. The van der Waals surface area contributed by atoms with Gasteiger partial charge >= 0.3 is 41.5 Å². The van der Waals surface area contributed by atoms with Gasteiger partial charge in [0.1, 0.15) is 10.1 Å². The zero-order valence-electron chi connectivity index (χ0n) is 22.7. The summed E-state index contributed by atoms with van der Waals surface area (Å²) >= 11 is 0. The molecule has 9 heteroatoms. The van der Waals surface area contributed by atoms with E-state index in [4.69, 9.17) is 9.47 Å². The average molecular weight is 545 g/mol. The van der Waals surface area contributed by atoms with Crippen LogP contribution in [0.5, 0.6) is 0 Å². The molecule has 1 aromatic carbocycles. The predicted octanol–water partition coefficient (Wildman–Crippen LogP) is 3.74. The van der Waals surface area contributed by atoms with E-state index < -0.39 is 27.0 Å². The molecule has 0 amide bonds. The van der Waals surface area contributed by atoms with Crippen molar-refractivity contribution in [1.82, 2.24) is 0 Å². The summed E-state index contributed by atoms with van der Waals surface area (Å²) in [6.07, 6.45) is 20.3. The van der Waals surface area contributed by atoms with Crippen LogP contribution in [0.2, 0.25) is 0 Å². The molecule has 1 aromatic rings. The van der Waals surface area contributed by atoms with Crippen LogP contribution in [-0.2, 0) is 19.6 Å². The number of rotatable bonds is 19. The number of allylic oxidation sites excluding steroid dienone is 2. The van der Waals surface area contributed by atoms with E-state index in [0.717, 1.165) is 43.9 Å². The summed E-state index contributed by atoms with van der Waals surface area (Å²) < 4.78 is 44.8. The zero-order valence-corrected chi connectivity index (χ0v) is 25.5. The van der Waals surface area contributed by atoms with Crippen molar-refractivity contribution in [2.45, 2.75) is 95.8 Å². The summed E-state index contributed by atoms with van der Waals surface area (Å²) in [5.41, 5.74) is -0.436. The Balaban J connectivity index is 0.0000130. The SMILES string of the molecule is CCCCCC/C=C/CCOC(=O)c1ccc(S(=O)(=O)[O-])cc1C(=O)OCC/C=C/CCCCCC.[Na+]. The van der Waals surface area contributed by atoms with E-state index in [0.29, 0.717) is 12.8 Å². The molecule has 202 valence electrons. The van der Waals surface area contributed by atoms with E-state index >= 15 is 0 Å². The summed E-state index contributed by atoms with van der Waals surface area (Å²) in [5.74, 6) is -1.66. The van der Waals surface area contributed by atoms with Crippen molar-refractivity contribution in [1.29, 1.82) is 0 Å². The Morgan fingerprint density at radius 2 is 1.19 bits per heavy atom. The van der Waals surface area contributed by atoms with Crippen LogP contribution < -0.4 is 29.6 Å². The number of hydrogen-bond donors (Lipinski definition) is 0. The minimum atomic E-state index is -4.81. The maximum atomic E-state index is 12.6. The van der Waals surface area contributed by atoms with Gasteiger partial charge in [-0.05, 0) is 56.7 Å². The second-order valence-electron chi connectivity index (χ2n) is 8.65. The number of hydrogen-bond acceptors (Lipinski definition) is 7. The van der Waals surface area contributed by atoms with Gasteiger partial charge in [-0.2, -0.15) is 0 Å². The predicted molar refractivity (Wildman–Crippen MR) is 140 cm³/mol. The molecule has 0 saturated heterocycles. The quantitative estimate of drug-likeness (QED) is 0.0858. The van der Waals surface area contributed by atoms with Crippen molar-refractivity contribution in [3.8, 4) is 0 Å². The average Bonchev–Trinajstić information content (AvgIpc) is 2.85. The minimum absolute atomic E-state index is 0. The Labute approximate surface area is 245 Å². The van der Waals surface area contributed by atoms with Crippen LogP contribution in [0.15, 0.2) is 47.4 Å². The molecule has 0 aliphatic heterocycles. The molecular weight excluding hydrogens is 503 g/mol. The van der Waals surface area contributed by atoms with Crippen molar-refractivity contribution in [3.63, 3.8) is 0 Å². The molecule has 0 atom stereocenters. The van der Waals surface area contributed by atoms with E-state index in [-0.39, 0.29) is 53.9 Å². The number of carbonyl (C=O) groups excluding carboxylic acids is 2. The fourth-order valence-corrected chi connectivity index (χ4v) is 3.97. The summed E-state index contributed by atoms with van der Waals surface area (Å²) in [6.45, 7) is 4.50. The van der Waals surface area contributed by atoms with Gasteiger partial charge in [-0.1, -0.05) is 76.7 Å². The van der Waals surface area contributed by atoms with Gasteiger partial charge in [0.05, 0.1) is 29.2 Å². The molecule has 0 aliphatic carbocycles. The number of ether oxygens (including phenoxy) is 2. The maximum Gasteiger partial charge on any atom is 1.00 e. The number of carbonyl (C=O) groups is 2. The monoisotopic (exact) mass is 544 g/mol. The third kappa shape index (κ3) is 16.2. The molecule has 7 nitrogen and oxygen atoms in total. The second kappa shape index (κ2) is 21.5. The minimum Gasteiger partial charge on any atom is -0.744 e. The Morgan fingerprint density at radius 1 is 0.730 bits per heavy atom. The van der Waals surface area contributed by atoms with Crippen LogP contribution in [0.25, 0.3) is 0 Å². The molecule has 0 unspecified atom stereocenters. The molecule has 37 heavy (non-hydrogen) atoms. The molecule has 0 bridgehead atoms. The summed E-state index contributed by atoms with van der Waals surface area (Å²) in [4.78, 5) is 24.6. The van der Waals surface area contributed by atoms with Crippen LogP contribution in [0, 0.1) is 0 Å². The van der Waals surface area contributed by atoms with Gasteiger partial charge in [0.25, 0.3) is 0 Å². The van der Waals surface area contributed by atoms with Crippen molar-refractivity contribution in [2.24, 2.45) is 0 Å².